The van der Waals surface area contributed by atoms with E-state index in [2.05, 4.69) is 10.6 Å². The summed E-state index contributed by atoms with van der Waals surface area (Å²) in [6.07, 6.45) is -1.27. The number of hydrogen-bond acceptors (Lipinski definition) is 4. The van der Waals surface area contributed by atoms with E-state index in [1.165, 1.54) is 0 Å². The fourth-order valence-corrected chi connectivity index (χ4v) is 2.56. The van der Waals surface area contributed by atoms with Crippen LogP contribution in [0, 0.1) is 13.8 Å². The van der Waals surface area contributed by atoms with Gasteiger partial charge in [0, 0.05) is 12.6 Å². The first-order valence-electron chi connectivity index (χ1n) is 9.79. The molecule has 2 aromatic rings. The minimum Gasteiger partial charge on any atom is -0.481 e. The van der Waals surface area contributed by atoms with Gasteiger partial charge in [0.1, 0.15) is 11.5 Å². The Morgan fingerprint density at radius 1 is 0.759 bits per heavy atom. The van der Waals surface area contributed by atoms with Crippen molar-refractivity contribution in [3.8, 4) is 11.5 Å². The maximum absolute atomic E-state index is 12.3. The molecule has 0 aromatic heterocycles. The van der Waals surface area contributed by atoms with E-state index in [4.69, 9.17) is 9.47 Å². The average molecular weight is 399 g/mol. The van der Waals surface area contributed by atoms with E-state index >= 15 is 0 Å². The Balaban J connectivity index is 1.73. The second-order valence-corrected chi connectivity index (χ2v) is 7.30. The highest BCUT2D eigenvalue weighted by Crippen LogP contribution is 2.14. The first kappa shape index (κ1) is 22.3. The molecule has 2 N–H and O–H groups in total. The number of aryl methyl sites for hydroxylation is 2. The van der Waals surface area contributed by atoms with Gasteiger partial charge in [0.15, 0.2) is 12.2 Å². The van der Waals surface area contributed by atoms with Crippen LogP contribution in [-0.4, -0.2) is 36.6 Å². The molecule has 6 nitrogen and oxygen atoms in total. The molecule has 0 bridgehead atoms. The molecule has 2 rings (SSSR count). The number of nitrogens with one attached hydrogen (secondary N) is 2. The number of rotatable bonds is 9. The molecule has 156 valence electrons. The first-order valence-corrected chi connectivity index (χ1v) is 9.79. The summed E-state index contributed by atoms with van der Waals surface area (Å²) >= 11 is 0. The van der Waals surface area contributed by atoms with Crippen LogP contribution < -0.4 is 20.1 Å². The Hall–Kier alpha value is -3.02. The average Bonchev–Trinajstić information content (AvgIpc) is 2.69. The first-order chi connectivity index (χ1) is 13.7. The van der Waals surface area contributed by atoms with Crippen molar-refractivity contribution >= 4 is 11.8 Å². The Morgan fingerprint density at radius 3 is 1.62 bits per heavy atom. The van der Waals surface area contributed by atoms with Crippen LogP contribution in [0.4, 0.5) is 0 Å². The predicted octanol–water partition coefficient (Wildman–Crippen LogP) is 3.16. The minimum atomic E-state index is -0.639. The standard InChI is InChI=1S/C23H30N2O4/c1-15-6-10-20(11-7-15)28-18(4)22(26)24-14-17(3)25-23(27)19(5)29-21-12-8-16(2)9-13-21/h6-13,17-19H,14H2,1-5H3,(H,24,26)(H,25,27)/t17-,18-,19+/m1/s1. The number of carbonyl (C=O) groups excluding carboxylic acids is 2. The van der Waals surface area contributed by atoms with E-state index in [1.54, 1.807) is 13.8 Å². The molecule has 0 saturated carbocycles. The van der Waals surface area contributed by atoms with Crippen LogP contribution in [0.5, 0.6) is 11.5 Å². The fourth-order valence-electron chi connectivity index (χ4n) is 2.56. The summed E-state index contributed by atoms with van der Waals surface area (Å²) in [7, 11) is 0. The van der Waals surface area contributed by atoms with Gasteiger partial charge in [-0.1, -0.05) is 35.4 Å². The highest BCUT2D eigenvalue weighted by molar-refractivity contribution is 5.82. The third kappa shape index (κ3) is 7.49. The van der Waals surface area contributed by atoms with E-state index in [1.807, 2.05) is 69.3 Å². The molecule has 0 radical (unpaired) electrons. The van der Waals surface area contributed by atoms with Crippen LogP contribution in [0.2, 0.25) is 0 Å². The molecule has 2 amide bonds. The molecule has 0 aliphatic carbocycles. The van der Waals surface area contributed by atoms with Crippen molar-refractivity contribution < 1.29 is 19.1 Å². The van der Waals surface area contributed by atoms with Crippen LogP contribution in [0.25, 0.3) is 0 Å². The number of carbonyl (C=O) groups is 2. The van der Waals surface area contributed by atoms with Gasteiger partial charge in [0.2, 0.25) is 0 Å². The topological polar surface area (TPSA) is 76.7 Å². The molecular weight excluding hydrogens is 368 g/mol. The summed E-state index contributed by atoms with van der Waals surface area (Å²) in [4.78, 5) is 24.5. The normalized spacial score (nSPS) is 13.7. The Morgan fingerprint density at radius 2 is 1.17 bits per heavy atom. The van der Waals surface area contributed by atoms with Crippen molar-refractivity contribution in [3.63, 3.8) is 0 Å². The highest BCUT2D eigenvalue weighted by atomic mass is 16.5. The smallest absolute Gasteiger partial charge is 0.261 e. The number of hydrogen-bond donors (Lipinski definition) is 2. The minimum absolute atomic E-state index is 0.240. The molecule has 0 spiro atoms. The van der Waals surface area contributed by atoms with Gasteiger partial charge in [-0.05, 0) is 58.9 Å². The summed E-state index contributed by atoms with van der Waals surface area (Å²) in [5.74, 6) is 0.801. The van der Waals surface area contributed by atoms with Crippen LogP contribution in [0.1, 0.15) is 31.9 Å². The lowest BCUT2D eigenvalue weighted by Crippen LogP contribution is -2.48. The van der Waals surface area contributed by atoms with Gasteiger partial charge in [0.05, 0.1) is 0 Å². The van der Waals surface area contributed by atoms with E-state index in [0.717, 1.165) is 11.1 Å². The van der Waals surface area contributed by atoms with Gasteiger partial charge in [0.25, 0.3) is 11.8 Å². The number of benzene rings is 2. The van der Waals surface area contributed by atoms with Crippen molar-refractivity contribution in [1.82, 2.24) is 10.6 Å². The largest absolute Gasteiger partial charge is 0.481 e. The second kappa shape index (κ2) is 10.5. The zero-order valence-corrected chi connectivity index (χ0v) is 17.7. The van der Waals surface area contributed by atoms with Gasteiger partial charge in [-0.15, -0.1) is 0 Å². The zero-order valence-electron chi connectivity index (χ0n) is 17.7. The van der Waals surface area contributed by atoms with E-state index in [0.29, 0.717) is 18.0 Å². The quantitative estimate of drug-likeness (QED) is 0.680. The van der Waals surface area contributed by atoms with Gasteiger partial charge < -0.3 is 20.1 Å². The van der Waals surface area contributed by atoms with E-state index in [9.17, 15) is 9.59 Å². The van der Waals surface area contributed by atoms with Gasteiger partial charge in [-0.2, -0.15) is 0 Å². The monoisotopic (exact) mass is 398 g/mol. The predicted molar refractivity (Wildman–Crippen MR) is 113 cm³/mol. The van der Waals surface area contributed by atoms with Gasteiger partial charge >= 0.3 is 0 Å². The van der Waals surface area contributed by atoms with Gasteiger partial charge in [-0.3, -0.25) is 9.59 Å². The van der Waals surface area contributed by atoms with Crippen molar-refractivity contribution in [2.75, 3.05) is 6.54 Å². The Bertz CT molecular complexity index is 803. The van der Waals surface area contributed by atoms with Crippen molar-refractivity contribution in [2.24, 2.45) is 0 Å². The van der Waals surface area contributed by atoms with Gasteiger partial charge in [-0.25, -0.2) is 0 Å². The molecular formula is C23H30N2O4. The molecule has 0 heterocycles. The highest BCUT2D eigenvalue weighted by Gasteiger charge is 2.19. The summed E-state index contributed by atoms with van der Waals surface area (Å²) < 4.78 is 11.3. The summed E-state index contributed by atoms with van der Waals surface area (Å²) in [5.41, 5.74) is 2.25. The Labute approximate surface area is 172 Å². The van der Waals surface area contributed by atoms with Crippen LogP contribution in [0.3, 0.4) is 0 Å². The van der Waals surface area contributed by atoms with Crippen LogP contribution >= 0.6 is 0 Å². The summed E-state index contributed by atoms with van der Waals surface area (Å²) in [5, 5.41) is 5.64. The molecule has 6 heteroatoms. The second-order valence-electron chi connectivity index (χ2n) is 7.30. The summed E-state index contributed by atoms with van der Waals surface area (Å²) in [6, 6.07) is 14.8. The zero-order chi connectivity index (χ0) is 21.4. The maximum atomic E-state index is 12.3. The van der Waals surface area contributed by atoms with Crippen LogP contribution in [-0.2, 0) is 9.59 Å². The van der Waals surface area contributed by atoms with Crippen molar-refractivity contribution in [1.29, 1.82) is 0 Å². The molecule has 0 fully saturated rings. The number of ether oxygens (including phenoxy) is 2. The number of amides is 2. The molecule has 0 saturated heterocycles. The molecule has 29 heavy (non-hydrogen) atoms. The molecule has 0 aliphatic rings. The third-order valence-corrected chi connectivity index (χ3v) is 4.38. The lowest BCUT2D eigenvalue weighted by molar-refractivity contribution is -0.129. The maximum Gasteiger partial charge on any atom is 0.261 e. The van der Waals surface area contributed by atoms with Crippen molar-refractivity contribution in [2.45, 2.75) is 52.9 Å². The third-order valence-electron chi connectivity index (χ3n) is 4.38. The lowest BCUT2D eigenvalue weighted by Gasteiger charge is -2.20. The SMILES string of the molecule is Cc1ccc(O[C@@H](C)C(=O)N[C@H](C)CNC(=O)[C@@H](C)Oc2ccc(C)cc2)cc1. The van der Waals surface area contributed by atoms with E-state index < -0.39 is 12.2 Å². The molecule has 2 aromatic carbocycles. The molecule has 0 aliphatic heterocycles. The van der Waals surface area contributed by atoms with Crippen LogP contribution in [0.15, 0.2) is 48.5 Å². The fraction of sp³-hybridized carbons (Fsp3) is 0.391. The van der Waals surface area contributed by atoms with Crippen molar-refractivity contribution in [3.05, 3.63) is 59.7 Å². The molecule has 3 atom stereocenters. The van der Waals surface area contributed by atoms with E-state index in [-0.39, 0.29) is 17.9 Å². The Kier molecular flexibility index (Phi) is 8.07. The summed E-state index contributed by atoms with van der Waals surface area (Å²) in [6.45, 7) is 9.48. The lowest BCUT2D eigenvalue weighted by atomic mass is 10.2. The molecule has 0 unspecified atom stereocenters.